The van der Waals surface area contributed by atoms with Crippen molar-refractivity contribution in [2.45, 2.75) is 6.18 Å². The number of rotatable bonds is 7. The Labute approximate surface area is 173 Å². The van der Waals surface area contributed by atoms with E-state index in [9.17, 15) is 17.6 Å². The fourth-order valence-electron chi connectivity index (χ4n) is 2.60. The summed E-state index contributed by atoms with van der Waals surface area (Å²) in [7, 11) is 2.83. The van der Waals surface area contributed by atoms with E-state index in [1.54, 1.807) is 31.3 Å². The zero-order valence-electron chi connectivity index (χ0n) is 16.3. The maximum absolute atomic E-state index is 13.6. The number of benzene rings is 2. The molecular weight excluding hydrogens is 420 g/mol. The molecule has 0 unspecified atom stereocenters. The third-order valence-electron chi connectivity index (χ3n) is 4.04. The van der Waals surface area contributed by atoms with E-state index in [0.29, 0.717) is 29.2 Å². The molecule has 162 valence electrons. The number of tetrazole rings is 1. The van der Waals surface area contributed by atoms with Crippen molar-refractivity contribution >= 4 is 11.4 Å². The van der Waals surface area contributed by atoms with E-state index in [4.69, 9.17) is 9.68 Å². The number of nitrogens with zero attached hydrogens (tertiary/aromatic N) is 6. The number of hydrogen-bond acceptors (Lipinski definition) is 7. The smallest absolute Gasteiger partial charge is 0.399 e. The van der Waals surface area contributed by atoms with Crippen molar-refractivity contribution < 1.29 is 27.2 Å². The first-order chi connectivity index (χ1) is 14.8. The van der Waals surface area contributed by atoms with Crippen molar-refractivity contribution in [3.05, 3.63) is 76.9 Å². The Hall–Kier alpha value is -3.83. The molecule has 1 heterocycles. The van der Waals surface area contributed by atoms with Crippen LogP contribution in [0.5, 0.6) is 0 Å². The van der Waals surface area contributed by atoms with Gasteiger partial charge in [0.15, 0.2) is 12.3 Å². The average molecular weight is 436 g/mol. The second-order valence-electron chi connectivity index (χ2n) is 6.12. The van der Waals surface area contributed by atoms with Gasteiger partial charge in [0.25, 0.3) is 0 Å². The number of alkyl halides is 3. The van der Waals surface area contributed by atoms with Crippen molar-refractivity contribution in [2.24, 2.45) is 17.4 Å². The van der Waals surface area contributed by atoms with Gasteiger partial charge in [0.1, 0.15) is 18.6 Å². The second-order valence-corrected chi connectivity index (χ2v) is 6.12. The lowest BCUT2D eigenvalue weighted by atomic mass is 10.1. The summed E-state index contributed by atoms with van der Waals surface area (Å²) in [6.45, 7) is -0.363. The molecule has 0 bridgehead atoms. The Bertz CT molecular complexity index is 1100. The highest BCUT2D eigenvalue weighted by molar-refractivity contribution is 6.10. The van der Waals surface area contributed by atoms with Crippen molar-refractivity contribution in [3.8, 4) is 0 Å². The molecule has 1 aromatic heterocycles. The average Bonchev–Trinajstić information content (AvgIpc) is 3.16. The van der Waals surface area contributed by atoms with Crippen molar-refractivity contribution in [2.75, 3.05) is 13.7 Å². The summed E-state index contributed by atoms with van der Waals surface area (Å²) in [4.78, 5) is 10.0. The number of aryl methyl sites for hydroxylation is 1. The summed E-state index contributed by atoms with van der Waals surface area (Å²) in [6, 6.07) is 11.4. The van der Waals surface area contributed by atoms with Crippen LogP contribution in [0, 0.1) is 5.82 Å². The van der Waals surface area contributed by atoms with Crippen LogP contribution >= 0.6 is 0 Å². The minimum atomic E-state index is -4.87. The molecule has 31 heavy (non-hydrogen) atoms. The third-order valence-corrected chi connectivity index (χ3v) is 4.04. The van der Waals surface area contributed by atoms with Crippen molar-refractivity contribution in [1.82, 2.24) is 20.2 Å². The maximum Gasteiger partial charge on any atom is 0.419 e. The number of halogens is 4. The van der Waals surface area contributed by atoms with E-state index in [2.05, 4.69) is 25.8 Å². The molecule has 8 nitrogen and oxygen atoms in total. The molecule has 0 amide bonds. The molecule has 0 N–H and O–H groups in total. The minimum Gasteiger partial charge on any atom is -0.399 e. The molecule has 0 fully saturated rings. The van der Waals surface area contributed by atoms with E-state index >= 15 is 0 Å². The fraction of sp³-hybridized carbons (Fsp3) is 0.211. The summed E-state index contributed by atoms with van der Waals surface area (Å²) >= 11 is 0. The lowest BCUT2D eigenvalue weighted by Crippen LogP contribution is -2.16. The predicted molar refractivity (Wildman–Crippen MR) is 102 cm³/mol. The van der Waals surface area contributed by atoms with Crippen molar-refractivity contribution in [3.63, 3.8) is 0 Å². The van der Waals surface area contributed by atoms with Crippen LogP contribution in [-0.2, 0) is 22.9 Å². The van der Waals surface area contributed by atoms with Crippen molar-refractivity contribution in [1.29, 1.82) is 0 Å². The number of oxime groups is 2. The predicted octanol–water partition coefficient (Wildman–Crippen LogP) is 3.19. The highest BCUT2D eigenvalue weighted by Gasteiger charge is 2.34. The molecule has 3 rings (SSSR count). The highest BCUT2D eigenvalue weighted by Crippen LogP contribution is 2.32. The van der Waals surface area contributed by atoms with Gasteiger partial charge in [0, 0.05) is 18.2 Å². The SMILES string of the molecule is CO/N=C(/CO/N=C(/c1ccccc1)c1nnnn1C)c1ccc(F)c(C(F)(F)F)c1. The van der Waals surface area contributed by atoms with Crippen LogP contribution in [-0.4, -0.2) is 45.3 Å². The topological polar surface area (TPSA) is 86.8 Å². The largest absolute Gasteiger partial charge is 0.419 e. The lowest BCUT2D eigenvalue weighted by molar-refractivity contribution is -0.140. The lowest BCUT2D eigenvalue weighted by Gasteiger charge is -2.11. The molecule has 2 aromatic carbocycles. The minimum absolute atomic E-state index is 0.0275. The Morgan fingerprint density at radius 1 is 1.06 bits per heavy atom. The highest BCUT2D eigenvalue weighted by atomic mass is 19.4. The monoisotopic (exact) mass is 436 g/mol. The standard InChI is InChI=1S/C19H16F4N6O2/c1-29-18(24-27-28-29)17(12-6-4-3-5-7-12)26-31-11-16(25-30-2)13-8-9-15(20)14(10-13)19(21,22)23/h3-10H,11H2,1-2H3/b25-16-,26-17-. The van der Waals surface area contributed by atoms with Crippen LogP contribution in [0.1, 0.15) is 22.5 Å². The van der Waals surface area contributed by atoms with Gasteiger partial charge in [0.05, 0.1) is 5.56 Å². The van der Waals surface area contributed by atoms with Gasteiger partial charge >= 0.3 is 6.18 Å². The van der Waals surface area contributed by atoms with Crippen LogP contribution in [0.2, 0.25) is 0 Å². The first-order valence-corrected chi connectivity index (χ1v) is 8.76. The van der Waals surface area contributed by atoms with Gasteiger partial charge in [-0.3, -0.25) is 0 Å². The van der Waals surface area contributed by atoms with E-state index in [1.807, 2.05) is 6.07 Å². The van der Waals surface area contributed by atoms with Gasteiger partial charge in [-0.05, 0) is 28.6 Å². The fourth-order valence-corrected chi connectivity index (χ4v) is 2.60. The van der Waals surface area contributed by atoms with E-state index in [0.717, 1.165) is 6.07 Å². The first-order valence-electron chi connectivity index (χ1n) is 8.76. The Kier molecular flexibility index (Phi) is 6.58. The Morgan fingerprint density at radius 2 is 1.81 bits per heavy atom. The van der Waals surface area contributed by atoms with Gasteiger partial charge in [-0.2, -0.15) is 13.2 Å². The molecule has 0 saturated heterocycles. The van der Waals surface area contributed by atoms with Gasteiger partial charge in [-0.15, -0.1) is 5.10 Å². The molecule has 3 aromatic rings. The number of hydrogen-bond donors (Lipinski definition) is 0. The molecule has 0 saturated carbocycles. The molecule has 12 heteroatoms. The van der Waals surface area contributed by atoms with E-state index < -0.39 is 17.6 Å². The summed E-state index contributed by atoms with van der Waals surface area (Å²) in [5.74, 6) is -1.09. The van der Waals surface area contributed by atoms with Crippen LogP contribution in [0.4, 0.5) is 17.6 Å². The van der Waals surface area contributed by atoms with Gasteiger partial charge in [0.2, 0.25) is 5.82 Å². The van der Waals surface area contributed by atoms with E-state index in [1.165, 1.54) is 11.8 Å². The molecule has 0 aliphatic carbocycles. The molecule has 0 atom stereocenters. The zero-order valence-corrected chi connectivity index (χ0v) is 16.3. The van der Waals surface area contributed by atoms with Crippen LogP contribution in [0.15, 0.2) is 58.8 Å². The molecule has 0 radical (unpaired) electrons. The Balaban J connectivity index is 1.90. The van der Waals surface area contributed by atoms with Crippen LogP contribution in [0.3, 0.4) is 0 Å². The summed E-state index contributed by atoms with van der Waals surface area (Å²) in [5.41, 5.74) is -0.549. The number of aromatic nitrogens is 4. The molecule has 0 spiro atoms. The Morgan fingerprint density at radius 3 is 2.42 bits per heavy atom. The van der Waals surface area contributed by atoms with E-state index in [-0.39, 0.29) is 17.9 Å². The molecule has 0 aliphatic heterocycles. The van der Waals surface area contributed by atoms with Crippen LogP contribution < -0.4 is 0 Å². The third kappa shape index (κ3) is 5.21. The quantitative estimate of drug-likeness (QED) is 0.323. The molecular formula is C19H16F4N6O2. The summed E-state index contributed by atoms with van der Waals surface area (Å²) in [6.07, 6.45) is -4.87. The second kappa shape index (κ2) is 9.32. The molecule has 0 aliphatic rings. The van der Waals surface area contributed by atoms with Gasteiger partial charge < -0.3 is 9.68 Å². The normalized spacial score (nSPS) is 12.7. The summed E-state index contributed by atoms with van der Waals surface area (Å²) in [5, 5.41) is 19.0. The first kappa shape index (κ1) is 21.9. The van der Waals surface area contributed by atoms with Crippen LogP contribution in [0.25, 0.3) is 0 Å². The van der Waals surface area contributed by atoms with Gasteiger partial charge in [-0.1, -0.05) is 40.6 Å². The zero-order chi connectivity index (χ0) is 22.4. The van der Waals surface area contributed by atoms with Gasteiger partial charge in [-0.25, -0.2) is 9.07 Å². The maximum atomic E-state index is 13.6. The summed E-state index contributed by atoms with van der Waals surface area (Å²) < 4.78 is 54.1.